The number of nitrogens with two attached hydrogens (primary N) is 1. The molecule has 4 N–H and O–H groups in total. The number of carboxylic acids is 1. The number of nitrogens with zero attached hydrogens (tertiary/aromatic N) is 2. The Hall–Kier alpha value is -2.05. The highest BCUT2D eigenvalue weighted by atomic mass is 16.4. The summed E-state index contributed by atoms with van der Waals surface area (Å²) in [5.41, 5.74) is 5.15. The largest absolute Gasteiger partial charge is 0.480 e. The third kappa shape index (κ3) is 1.83. The van der Waals surface area contributed by atoms with Crippen LogP contribution in [0.5, 0.6) is 0 Å². The van der Waals surface area contributed by atoms with E-state index in [9.17, 15) is 14.7 Å². The summed E-state index contributed by atoms with van der Waals surface area (Å²) in [6.07, 6.45) is 1.97. The Balaban J connectivity index is 2.43. The number of hydrogen-bond acceptors (Lipinski definition) is 5. The summed E-state index contributed by atoms with van der Waals surface area (Å²) in [5.74, 6) is -0.657. The number of nitrogen functional groups attached to an aromatic ring is 1. The molecule has 1 aliphatic heterocycles. The Labute approximate surface area is 97.3 Å². The number of aromatic amines is 1. The van der Waals surface area contributed by atoms with Crippen molar-refractivity contribution >= 4 is 17.5 Å². The number of anilines is 2. The molecule has 2 atom stereocenters. The molecule has 7 nitrogen and oxygen atoms in total. The van der Waals surface area contributed by atoms with E-state index in [1.165, 1.54) is 6.33 Å². The predicted octanol–water partition coefficient (Wildman–Crippen LogP) is -0.348. The van der Waals surface area contributed by atoms with Gasteiger partial charge in [-0.25, -0.2) is 9.78 Å². The van der Waals surface area contributed by atoms with E-state index in [1.807, 2.05) is 6.92 Å². The first-order chi connectivity index (χ1) is 8.02. The van der Waals surface area contributed by atoms with Gasteiger partial charge in [-0.3, -0.25) is 4.79 Å². The average molecular weight is 238 g/mol. The molecule has 0 bridgehead atoms. The van der Waals surface area contributed by atoms with Gasteiger partial charge < -0.3 is 20.7 Å². The molecule has 0 aliphatic carbocycles. The summed E-state index contributed by atoms with van der Waals surface area (Å²) in [7, 11) is 0. The molecule has 1 aromatic heterocycles. The Bertz CT molecular complexity index is 499. The highest BCUT2D eigenvalue weighted by Gasteiger charge is 2.38. The molecule has 92 valence electrons. The van der Waals surface area contributed by atoms with Crippen molar-refractivity contribution in [3.05, 3.63) is 16.7 Å². The van der Waals surface area contributed by atoms with Gasteiger partial charge in [0.1, 0.15) is 11.7 Å². The predicted molar refractivity (Wildman–Crippen MR) is 61.8 cm³/mol. The fourth-order valence-corrected chi connectivity index (χ4v) is 2.19. The van der Waals surface area contributed by atoms with Crippen LogP contribution in [0.15, 0.2) is 11.1 Å². The summed E-state index contributed by atoms with van der Waals surface area (Å²) >= 11 is 0. The average Bonchev–Trinajstić information content (AvgIpc) is 2.64. The van der Waals surface area contributed by atoms with Crippen LogP contribution in [0, 0.1) is 5.92 Å². The molecule has 1 aromatic rings. The molecule has 0 spiro atoms. The van der Waals surface area contributed by atoms with Crippen molar-refractivity contribution < 1.29 is 9.90 Å². The lowest BCUT2D eigenvalue weighted by Crippen LogP contribution is -2.40. The molecule has 1 aliphatic rings. The van der Waals surface area contributed by atoms with Crippen molar-refractivity contribution in [1.29, 1.82) is 0 Å². The molecule has 0 saturated carbocycles. The maximum atomic E-state index is 11.4. The zero-order valence-corrected chi connectivity index (χ0v) is 9.38. The standard InChI is InChI=1S/C10H14N4O3/c1-5-2-3-14(7(5)10(16)17)8-6(11)9(15)13-4-12-8/h4-5,7H,2-3,11H2,1H3,(H,16,17)(H,12,13,15). The van der Waals surface area contributed by atoms with Crippen LogP contribution in [0.2, 0.25) is 0 Å². The van der Waals surface area contributed by atoms with Crippen LogP contribution < -0.4 is 16.2 Å². The quantitative estimate of drug-likeness (QED) is 0.649. The summed E-state index contributed by atoms with van der Waals surface area (Å²) in [6, 6.07) is -0.674. The van der Waals surface area contributed by atoms with Crippen molar-refractivity contribution in [3.63, 3.8) is 0 Å². The second kappa shape index (κ2) is 4.08. The van der Waals surface area contributed by atoms with Gasteiger partial charge in [0.15, 0.2) is 5.82 Å². The Morgan fingerprint density at radius 1 is 1.71 bits per heavy atom. The molecule has 0 amide bonds. The number of aliphatic carboxylic acids is 1. The summed E-state index contributed by atoms with van der Waals surface area (Å²) in [5, 5.41) is 9.18. The number of nitrogens with one attached hydrogen (secondary N) is 1. The van der Waals surface area contributed by atoms with Crippen molar-refractivity contribution in [2.24, 2.45) is 5.92 Å². The minimum Gasteiger partial charge on any atom is -0.480 e. The molecular weight excluding hydrogens is 224 g/mol. The van der Waals surface area contributed by atoms with Gasteiger partial charge >= 0.3 is 5.97 Å². The zero-order chi connectivity index (χ0) is 12.6. The van der Waals surface area contributed by atoms with E-state index in [0.717, 1.165) is 6.42 Å². The molecule has 1 fully saturated rings. The smallest absolute Gasteiger partial charge is 0.326 e. The minimum atomic E-state index is -0.920. The topological polar surface area (TPSA) is 112 Å². The van der Waals surface area contributed by atoms with Crippen LogP contribution in [-0.4, -0.2) is 33.6 Å². The summed E-state index contributed by atoms with van der Waals surface area (Å²) < 4.78 is 0. The lowest BCUT2D eigenvalue weighted by atomic mass is 10.0. The summed E-state index contributed by atoms with van der Waals surface area (Å²) in [6.45, 7) is 2.40. The maximum Gasteiger partial charge on any atom is 0.326 e. The highest BCUT2D eigenvalue weighted by Crippen LogP contribution is 2.30. The van der Waals surface area contributed by atoms with Crippen molar-refractivity contribution in [1.82, 2.24) is 9.97 Å². The van der Waals surface area contributed by atoms with Crippen LogP contribution >= 0.6 is 0 Å². The zero-order valence-electron chi connectivity index (χ0n) is 9.38. The highest BCUT2D eigenvalue weighted by molar-refractivity contribution is 5.80. The normalized spacial score (nSPS) is 23.9. The molecule has 1 saturated heterocycles. The minimum absolute atomic E-state index is 0.00740. The molecule has 2 rings (SSSR count). The van der Waals surface area contributed by atoms with Gasteiger partial charge in [-0.05, 0) is 12.3 Å². The molecular formula is C10H14N4O3. The molecule has 7 heteroatoms. The van der Waals surface area contributed by atoms with E-state index >= 15 is 0 Å². The van der Waals surface area contributed by atoms with Gasteiger partial charge in [0, 0.05) is 6.54 Å². The van der Waals surface area contributed by atoms with Crippen LogP contribution in [0.25, 0.3) is 0 Å². The number of aromatic nitrogens is 2. The van der Waals surface area contributed by atoms with Gasteiger partial charge in [0.25, 0.3) is 5.56 Å². The Morgan fingerprint density at radius 3 is 3.06 bits per heavy atom. The van der Waals surface area contributed by atoms with Crippen LogP contribution in [0.1, 0.15) is 13.3 Å². The number of hydrogen-bond donors (Lipinski definition) is 3. The van der Waals surface area contributed by atoms with E-state index in [-0.39, 0.29) is 17.4 Å². The Kier molecular flexibility index (Phi) is 2.74. The maximum absolute atomic E-state index is 11.4. The van der Waals surface area contributed by atoms with Crippen LogP contribution in [0.3, 0.4) is 0 Å². The number of rotatable bonds is 2. The lowest BCUT2D eigenvalue weighted by molar-refractivity contribution is -0.139. The second-order valence-electron chi connectivity index (χ2n) is 4.21. The molecule has 17 heavy (non-hydrogen) atoms. The van der Waals surface area contributed by atoms with Gasteiger partial charge in [-0.1, -0.05) is 6.92 Å². The number of carbonyl (C=O) groups is 1. The van der Waals surface area contributed by atoms with E-state index in [4.69, 9.17) is 5.73 Å². The fourth-order valence-electron chi connectivity index (χ4n) is 2.19. The molecule has 2 unspecified atom stereocenters. The fraction of sp³-hybridized carbons (Fsp3) is 0.500. The second-order valence-corrected chi connectivity index (χ2v) is 4.21. The number of H-pyrrole nitrogens is 1. The van der Waals surface area contributed by atoms with Crippen molar-refractivity contribution in [2.75, 3.05) is 17.2 Å². The monoisotopic (exact) mass is 238 g/mol. The molecule has 0 radical (unpaired) electrons. The van der Waals surface area contributed by atoms with Gasteiger partial charge in [0.05, 0.1) is 6.33 Å². The van der Waals surface area contributed by atoms with Crippen molar-refractivity contribution in [3.8, 4) is 0 Å². The van der Waals surface area contributed by atoms with Crippen molar-refractivity contribution in [2.45, 2.75) is 19.4 Å². The molecule has 0 aromatic carbocycles. The van der Waals surface area contributed by atoms with Gasteiger partial charge in [-0.15, -0.1) is 0 Å². The van der Waals surface area contributed by atoms with E-state index < -0.39 is 17.6 Å². The van der Waals surface area contributed by atoms with Crippen LogP contribution in [-0.2, 0) is 4.79 Å². The first kappa shape index (κ1) is 11.4. The Morgan fingerprint density at radius 2 is 2.41 bits per heavy atom. The van der Waals surface area contributed by atoms with Gasteiger partial charge in [0.2, 0.25) is 0 Å². The summed E-state index contributed by atoms with van der Waals surface area (Å²) in [4.78, 5) is 30.5. The third-order valence-corrected chi connectivity index (χ3v) is 3.09. The lowest BCUT2D eigenvalue weighted by Gasteiger charge is -2.24. The van der Waals surface area contributed by atoms with E-state index in [1.54, 1.807) is 4.90 Å². The van der Waals surface area contributed by atoms with E-state index in [2.05, 4.69) is 9.97 Å². The third-order valence-electron chi connectivity index (χ3n) is 3.09. The van der Waals surface area contributed by atoms with E-state index in [0.29, 0.717) is 6.54 Å². The van der Waals surface area contributed by atoms with Crippen LogP contribution in [0.4, 0.5) is 11.5 Å². The number of carboxylic acid groups (broad SMARTS) is 1. The SMILES string of the molecule is CC1CCN(c2nc[nH]c(=O)c2N)C1C(=O)O. The molecule has 2 heterocycles. The van der Waals surface area contributed by atoms with Gasteiger partial charge in [-0.2, -0.15) is 0 Å². The first-order valence-corrected chi connectivity index (χ1v) is 5.35. The first-order valence-electron chi connectivity index (χ1n) is 5.35.